The lowest BCUT2D eigenvalue weighted by molar-refractivity contribution is -0.117. The average molecular weight is 374 g/mol. The van der Waals surface area contributed by atoms with Gasteiger partial charge in [0.2, 0.25) is 5.91 Å². The second kappa shape index (κ2) is 7.67. The summed E-state index contributed by atoms with van der Waals surface area (Å²) in [5.41, 5.74) is 7.94. The highest BCUT2D eigenvalue weighted by Gasteiger charge is 2.18. The molecule has 1 aromatic carbocycles. The molecular weight excluding hydrogens is 358 g/mol. The van der Waals surface area contributed by atoms with E-state index < -0.39 is 0 Å². The summed E-state index contributed by atoms with van der Waals surface area (Å²) >= 11 is 7.73. The van der Waals surface area contributed by atoms with Crippen LogP contribution in [0.25, 0.3) is 17.1 Å². The number of benzene rings is 1. The van der Waals surface area contributed by atoms with Gasteiger partial charge in [-0.3, -0.25) is 14.3 Å². The van der Waals surface area contributed by atoms with Crippen molar-refractivity contribution in [3.8, 4) is 17.1 Å². The number of primary amides is 1. The van der Waals surface area contributed by atoms with Crippen LogP contribution in [0, 0.1) is 6.92 Å². The van der Waals surface area contributed by atoms with Crippen molar-refractivity contribution in [1.29, 1.82) is 0 Å². The van der Waals surface area contributed by atoms with Crippen LogP contribution in [0.1, 0.15) is 12.0 Å². The summed E-state index contributed by atoms with van der Waals surface area (Å²) in [6, 6.07) is 9.44. The number of nitrogens with zero attached hydrogens (tertiary/aromatic N) is 4. The molecule has 0 aliphatic carbocycles. The monoisotopic (exact) mass is 373 g/mol. The summed E-state index contributed by atoms with van der Waals surface area (Å²) < 4.78 is 1.95. The van der Waals surface area contributed by atoms with Crippen LogP contribution in [-0.2, 0) is 4.79 Å². The number of halogens is 1. The summed E-state index contributed by atoms with van der Waals surface area (Å²) in [5.74, 6) is 0.880. The van der Waals surface area contributed by atoms with E-state index in [0.29, 0.717) is 21.8 Å². The Kier molecular flexibility index (Phi) is 5.35. The zero-order chi connectivity index (χ0) is 17.8. The van der Waals surface area contributed by atoms with Gasteiger partial charge in [0, 0.05) is 35.2 Å². The first-order valence-corrected chi connectivity index (χ1v) is 8.96. The fraction of sp³-hybridized carbons (Fsp3) is 0.176. The first kappa shape index (κ1) is 17.4. The predicted molar refractivity (Wildman–Crippen MR) is 98.9 cm³/mol. The first-order chi connectivity index (χ1) is 12.1. The van der Waals surface area contributed by atoms with Crippen molar-refractivity contribution >= 4 is 29.3 Å². The summed E-state index contributed by atoms with van der Waals surface area (Å²) in [6.45, 7) is 1.95. The molecule has 0 unspecified atom stereocenters. The van der Waals surface area contributed by atoms with Crippen LogP contribution in [0.15, 0.2) is 47.9 Å². The molecule has 0 saturated heterocycles. The van der Waals surface area contributed by atoms with Gasteiger partial charge in [-0.1, -0.05) is 29.4 Å². The third kappa shape index (κ3) is 3.83. The fourth-order valence-corrected chi connectivity index (χ4v) is 3.42. The van der Waals surface area contributed by atoms with E-state index in [1.807, 2.05) is 41.8 Å². The lowest BCUT2D eigenvalue weighted by atomic mass is 10.2. The molecule has 0 atom stereocenters. The molecule has 0 spiro atoms. The van der Waals surface area contributed by atoms with E-state index in [0.717, 1.165) is 16.8 Å². The van der Waals surface area contributed by atoms with Crippen LogP contribution >= 0.6 is 23.4 Å². The third-order valence-electron chi connectivity index (χ3n) is 3.63. The molecule has 3 aromatic rings. The van der Waals surface area contributed by atoms with Gasteiger partial charge in [-0.15, -0.1) is 10.2 Å². The van der Waals surface area contributed by atoms with Crippen LogP contribution in [0.3, 0.4) is 0 Å². The Morgan fingerprint density at radius 3 is 2.72 bits per heavy atom. The number of aromatic nitrogens is 4. The van der Waals surface area contributed by atoms with Crippen molar-refractivity contribution in [2.75, 3.05) is 5.75 Å². The standard InChI is InChI=1S/C17H16ClN5OS/c1-11-13(18)3-2-4-14(11)23-16(12-5-8-20-9-6-12)21-22-17(23)25-10-7-15(19)24/h2-6,8-9H,7,10H2,1H3,(H2,19,24). The molecule has 25 heavy (non-hydrogen) atoms. The lowest BCUT2D eigenvalue weighted by Gasteiger charge is -2.13. The Morgan fingerprint density at radius 2 is 2.00 bits per heavy atom. The number of pyridine rings is 1. The Bertz CT molecular complexity index is 897. The summed E-state index contributed by atoms with van der Waals surface area (Å²) in [7, 11) is 0. The maximum Gasteiger partial charge on any atom is 0.218 e. The maximum absolute atomic E-state index is 11.0. The minimum atomic E-state index is -0.341. The van der Waals surface area contributed by atoms with E-state index in [-0.39, 0.29) is 12.3 Å². The Morgan fingerprint density at radius 1 is 1.24 bits per heavy atom. The molecule has 0 aliphatic rings. The summed E-state index contributed by atoms with van der Waals surface area (Å²) in [6.07, 6.45) is 3.69. The van der Waals surface area contributed by atoms with Gasteiger partial charge in [-0.2, -0.15) is 0 Å². The summed E-state index contributed by atoms with van der Waals surface area (Å²) in [4.78, 5) is 15.1. The van der Waals surface area contributed by atoms with Gasteiger partial charge in [-0.25, -0.2) is 0 Å². The molecule has 0 saturated carbocycles. The van der Waals surface area contributed by atoms with Crippen molar-refractivity contribution in [2.24, 2.45) is 5.73 Å². The molecule has 0 bridgehead atoms. The Hall–Kier alpha value is -2.38. The molecule has 0 aliphatic heterocycles. The molecule has 1 amide bonds. The van der Waals surface area contributed by atoms with E-state index in [9.17, 15) is 4.79 Å². The Labute approximate surface area is 154 Å². The average Bonchev–Trinajstić information content (AvgIpc) is 3.01. The molecule has 6 nitrogen and oxygen atoms in total. The molecule has 2 heterocycles. The van der Waals surface area contributed by atoms with Crippen LogP contribution in [0.2, 0.25) is 5.02 Å². The molecule has 0 radical (unpaired) electrons. The largest absolute Gasteiger partial charge is 0.370 e. The number of rotatable bonds is 6. The third-order valence-corrected chi connectivity index (χ3v) is 4.97. The fourth-order valence-electron chi connectivity index (χ4n) is 2.35. The number of thioether (sulfide) groups is 1. The highest BCUT2D eigenvalue weighted by atomic mass is 35.5. The number of amides is 1. The zero-order valence-electron chi connectivity index (χ0n) is 13.5. The van der Waals surface area contributed by atoms with E-state index in [1.165, 1.54) is 11.8 Å². The van der Waals surface area contributed by atoms with Gasteiger partial charge in [-0.05, 0) is 36.8 Å². The number of hydrogen-bond donors (Lipinski definition) is 1. The minimum Gasteiger partial charge on any atom is -0.370 e. The second-order valence-electron chi connectivity index (χ2n) is 5.33. The summed E-state index contributed by atoms with van der Waals surface area (Å²) in [5, 5.41) is 9.98. The van der Waals surface area contributed by atoms with Gasteiger partial charge in [0.1, 0.15) is 0 Å². The van der Waals surface area contributed by atoms with Gasteiger partial charge in [0.25, 0.3) is 0 Å². The van der Waals surface area contributed by atoms with Crippen LogP contribution in [0.5, 0.6) is 0 Å². The lowest BCUT2D eigenvalue weighted by Crippen LogP contribution is -2.11. The topological polar surface area (TPSA) is 86.7 Å². The first-order valence-electron chi connectivity index (χ1n) is 7.60. The normalized spacial score (nSPS) is 10.8. The van der Waals surface area contributed by atoms with Crippen LogP contribution in [0.4, 0.5) is 0 Å². The number of nitrogens with two attached hydrogens (primary N) is 1. The Balaban J connectivity index is 2.10. The van der Waals surface area contributed by atoms with Crippen molar-refractivity contribution in [1.82, 2.24) is 19.7 Å². The molecule has 2 aromatic heterocycles. The smallest absolute Gasteiger partial charge is 0.218 e. The predicted octanol–water partition coefficient (Wildman–Crippen LogP) is 3.26. The SMILES string of the molecule is Cc1c(Cl)cccc1-n1c(SCCC(N)=O)nnc1-c1ccncc1. The zero-order valence-corrected chi connectivity index (χ0v) is 15.1. The van der Waals surface area contributed by atoms with Crippen LogP contribution in [-0.4, -0.2) is 31.4 Å². The van der Waals surface area contributed by atoms with E-state index in [1.54, 1.807) is 12.4 Å². The molecule has 128 valence electrons. The highest BCUT2D eigenvalue weighted by molar-refractivity contribution is 7.99. The van der Waals surface area contributed by atoms with Crippen molar-refractivity contribution < 1.29 is 4.79 Å². The number of carbonyl (C=O) groups is 1. The minimum absolute atomic E-state index is 0.274. The van der Waals surface area contributed by atoms with Gasteiger partial charge >= 0.3 is 0 Å². The number of carbonyl (C=O) groups excluding carboxylic acids is 1. The maximum atomic E-state index is 11.0. The molecule has 8 heteroatoms. The van der Waals surface area contributed by atoms with Crippen molar-refractivity contribution in [2.45, 2.75) is 18.5 Å². The molecular formula is C17H16ClN5OS. The number of hydrogen-bond acceptors (Lipinski definition) is 5. The molecule has 0 fully saturated rings. The van der Waals surface area contributed by atoms with Gasteiger partial charge in [0.05, 0.1) is 5.69 Å². The van der Waals surface area contributed by atoms with E-state index in [4.69, 9.17) is 17.3 Å². The quantitative estimate of drug-likeness (QED) is 0.670. The van der Waals surface area contributed by atoms with E-state index in [2.05, 4.69) is 15.2 Å². The molecule has 3 rings (SSSR count). The highest BCUT2D eigenvalue weighted by Crippen LogP contribution is 2.31. The van der Waals surface area contributed by atoms with Crippen LogP contribution < -0.4 is 5.73 Å². The molecule has 2 N–H and O–H groups in total. The van der Waals surface area contributed by atoms with Crippen molar-refractivity contribution in [3.63, 3.8) is 0 Å². The van der Waals surface area contributed by atoms with E-state index >= 15 is 0 Å². The second-order valence-corrected chi connectivity index (χ2v) is 6.80. The van der Waals surface area contributed by atoms with Gasteiger partial charge < -0.3 is 5.73 Å². The van der Waals surface area contributed by atoms with Gasteiger partial charge in [0.15, 0.2) is 11.0 Å². The van der Waals surface area contributed by atoms with Crippen molar-refractivity contribution in [3.05, 3.63) is 53.3 Å².